The number of hydrogen-bond donors (Lipinski definition) is 0. The number of unbranched alkanes of at least 4 members (excludes halogenated alkanes) is 2. The Morgan fingerprint density at radius 1 is 1.36 bits per heavy atom. The summed E-state index contributed by atoms with van der Waals surface area (Å²) in [5.41, 5.74) is 0. The molecule has 0 rings (SSSR count). The van der Waals surface area contributed by atoms with Crippen LogP contribution in [0, 0.1) is 0 Å². The molecule has 0 bridgehead atoms. The van der Waals surface area contributed by atoms with Gasteiger partial charge in [0.15, 0.2) is 0 Å². The van der Waals surface area contributed by atoms with Crippen LogP contribution in [0.1, 0.15) is 33.1 Å². The van der Waals surface area contributed by atoms with Gasteiger partial charge in [-0.25, -0.2) is 0 Å². The van der Waals surface area contributed by atoms with Gasteiger partial charge >= 0.3 is 5.97 Å². The van der Waals surface area contributed by atoms with Gasteiger partial charge in [0.1, 0.15) is 0 Å². The minimum atomic E-state index is -0.236. The molecule has 0 aliphatic carbocycles. The van der Waals surface area contributed by atoms with E-state index >= 15 is 0 Å². The van der Waals surface area contributed by atoms with Crippen LogP contribution in [0.4, 0.5) is 4.39 Å². The molecule has 0 aromatic carbocycles. The number of esters is 1. The zero-order valence-corrected chi connectivity index (χ0v) is 9.74. The molecule has 0 radical (unpaired) electrons. The Hall–Kier alpha value is -0.250. The molecule has 0 unspecified atom stereocenters. The van der Waals surface area contributed by atoms with Gasteiger partial charge in [-0.1, -0.05) is 6.42 Å². The van der Waals surface area contributed by atoms with E-state index in [0.717, 1.165) is 18.6 Å². The van der Waals surface area contributed by atoms with Crippen LogP contribution in [0.5, 0.6) is 0 Å². The molecule has 0 spiro atoms. The Morgan fingerprint density at radius 2 is 2.07 bits per heavy atom. The van der Waals surface area contributed by atoms with E-state index in [9.17, 15) is 9.18 Å². The van der Waals surface area contributed by atoms with E-state index in [0.29, 0.717) is 12.2 Å². The maximum absolute atomic E-state index is 11.7. The maximum atomic E-state index is 11.7. The van der Waals surface area contributed by atoms with Crippen molar-refractivity contribution in [3.8, 4) is 0 Å². The van der Waals surface area contributed by atoms with Crippen molar-refractivity contribution in [3.05, 3.63) is 0 Å². The number of alkyl halides is 1. The Bertz CT molecular complexity index is 151. The quantitative estimate of drug-likeness (QED) is 0.466. The largest absolute Gasteiger partial charge is 0.462 e. The molecule has 0 saturated carbocycles. The van der Waals surface area contributed by atoms with Gasteiger partial charge in [-0.2, -0.15) is 11.8 Å². The highest BCUT2D eigenvalue weighted by molar-refractivity contribution is 7.99. The van der Waals surface area contributed by atoms with Gasteiger partial charge in [0.05, 0.1) is 18.5 Å². The third-order valence-corrected chi connectivity index (χ3v) is 2.53. The second-order valence-electron chi connectivity index (χ2n) is 3.34. The first-order valence-corrected chi connectivity index (χ1v) is 6.15. The Labute approximate surface area is 89.6 Å². The van der Waals surface area contributed by atoms with Gasteiger partial charge < -0.3 is 4.74 Å². The molecule has 84 valence electrons. The van der Waals surface area contributed by atoms with Crippen LogP contribution in [0.3, 0.4) is 0 Å². The molecule has 14 heavy (non-hydrogen) atoms. The predicted octanol–water partition coefficient (Wildman–Crippen LogP) is 2.81. The lowest BCUT2D eigenvalue weighted by molar-refractivity contribution is -0.144. The average molecular weight is 222 g/mol. The standard InChI is InChI=1S/C10H19FO2S/c1-9(2)13-10(12)8-14-7-5-3-4-6-11/h9H,3-8H2,1-2H3. The summed E-state index contributed by atoms with van der Waals surface area (Å²) >= 11 is 1.56. The van der Waals surface area contributed by atoms with E-state index in [1.807, 2.05) is 13.8 Å². The zero-order chi connectivity index (χ0) is 10.8. The Kier molecular flexibility index (Phi) is 9.14. The average Bonchev–Trinajstić information content (AvgIpc) is 2.10. The van der Waals surface area contributed by atoms with Crippen molar-refractivity contribution in [1.82, 2.24) is 0 Å². The summed E-state index contributed by atoms with van der Waals surface area (Å²) in [6.07, 6.45) is 2.48. The first-order chi connectivity index (χ1) is 6.66. The van der Waals surface area contributed by atoms with Crippen molar-refractivity contribution in [2.24, 2.45) is 0 Å². The molecular formula is C10H19FO2S. The van der Waals surface area contributed by atoms with Crippen molar-refractivity contribution < 1.29 is 13.9 Å². The molecule has 0 fully saturated rings. The summed E-state index contributed by atoms with van der Waals surface area (Å²) in [5, 5.41) is 0. The second kappa shape index (κ2) is 9.31. The molecule has 4 heteroatoms. The normalized spacial score (nSPS) is 10.6. The number of ether oxygens (including phenoxy) is 1. The lowest BCUT2D eigenvalue weighted by atomic mass is 10.3. The van der Waals surface area contributed by atoms with Gasteiger partial charge in [-0.15, -0.1) is 0 Å². The van der Waals surface area contributed by atoms with Crippen LogP contribution in [0.2, 0.25) is 0 Å². The minimum Gasteiger partial charge on any atom is -0.462 e. The van der Waals surface area contributed by atoms with E-state index in [1.165, 1.54) is 0 Å². The SMILES string of the molecule is CC(C)OC(=O)CSCCCCCF. The summed E-state index contributed by atoms with van der Waals surface area (Å²) in [7, 11) is 0. The highest BCUT2D eigenvalue weighted by Crippen LogP contribution is 2.07. The summed E-state index contributed by atoms with van der Waals surface area (Å²) in [4.78, 5) is 11.0. The fourth-order valence-electron chi connectivity index (χ4n) is 0.928. The van der Waals surface area contributed by atoms with Crippen LogP contribution in [-0.2, 0) is 9.53 Å². The number of halogens is 1. The fraction of sp³-hybridized carbons (Fsp3) is 0.900. The third-order valence-electron chi connectivity index (χ3n) is 1.51. The van der Waals surface area contributed by atoms with Crippen molar-refractivity contribution in [3.63, 3.8) is 0 Å². The van der Waals surface area contributed by atoms with E-state index < -0.39 is 0 Å². The van der Waals surface area contributed by atoms with E-state index in [1.54, 1.807) is 11.8 Å². The van der Waals surface area contributed by atoms with Crippen molar-refractivity contribution in [2.45, 2.75) is 39.2 Å². The van der Waals surface area contributed by atoms with Crippen molar-refractivity contribution in [1.29, 1.82) is 0 Å². The second-order valence-corrected chi connectivity index (χ2v) is 4.45. The Morgan fingerprint density at radius 3 is 2.64 bits per heavy atom. The summed E-state index contributed by atoms with van der Waals surface area (Å²) in [6.45, 7) is 3.44. The number of hydrogen-bond acceptors (Lipinski definition) is 3. The van der Waals surface area contributed by atoms with Crippen LogP contribution in [-0.4, -0.2) is 30.3 Å². The molecule has 2 nitrogen and oxygen atoms in total. The van der Waals surface area contributed by atoms with Gasteiger partial charge in [-0.3, -0.25) is 9.18 Å². The van der Waals surface area contributed by atoms with Crippen molar-refractivity contribution in [2.75, 3.05) is 18.2 Å². The highest BCUT2D eigenvalue weighted by atomic mass is 32.2. The molecule has 0 amide bonds. The Balaban J connectivity index is 3.15. The fourth-order valence-corrected chi connectivity index (χ4v) is 1.72. The van der Waals surface area contributed by atoms with E-state index in [2.05, 4.69) is 0 Å². The van der Waals surface area contributed by atoms with Crippen LogP contribution in [0.15, 0.2) is 0 Å². The van der Waals surface area contributed by atoms with E-state index in [4.69, 9.17) is 4.74 Å². The lowest BCUT2D eigenvalue weighted by Gasteiger charge is -2.07. The summed E-state index contributed by atoms with van der Waals surface area (Å²) in [6, 6.07) is 0. The zero-order valence-electron chi connectivity index (χ0n) is 8.92. The first-order valence-electron chi connectivity index (χ1n) is 5.00. The molecule has 0 aromatic rings. The van der Waals surface area contributed by atoms with Crippen LogP contribution >= 0.6 is 11.8 Å². The number of carbonyl (C=O) groups excluding carboxylic acids is 1. The molecule has 0 heterocycles. The summed E-state index contributed by atoms with van der Waals surface area (Å²) < 4.78 is 16.7. The highest BCUT2D eigenvalue weighted by Gasteiger charge is 2.04. The van der Waals surface area contributed by atoms with Crippen LogP contribution < -0.4 is 0 Å². The molecule has 0 aromatic heterocycles. The third kappa shape index (κ3) is 9.84. The molecule has 0 saturated heterocycles. The maximum Gasteiger partial charge on any atom is 0.316 e. The molecule has 0 N–H and O–H groups in total. The summed E-state index contributed by atoms with van der Waals surface area (Å²) in [5.74, 6) is 1.16. The first kappa shape index (κ1) is 13.8. The number of rotatable bonds is 8. The topological polar surface area (TPSA) is 26.3 Å². The molecule has 0 aliphatic rings. The van der Waals surface area contributed by atoms with Gasteiger partial charge in [0.2, 0.25) is 0 Å². The van der Waals surface area contributed by atoms with E-state index in [-0.39, 0.29) is 18.7 Å². The lowest BCUT2D eigenvalue weighted by Crippen LogP contribution is -2.13. The monoisotopic (exact) mass is 222 g/mol. The van der Waals surface area contributed by atoms with Gasteiger partial charge in [0, 0.05) is 0 Å². The molecule has 0 aliphatic heterocycles. The number of thioether (sulfide) groups is 1. The van der Waals surface area contributed by atoms with Crippen molar-refractivity contribution >= 4 is 17.7 Å². The smallest absolute Gasteiger partial charge is 0.316 e. The molecular weight excluding hydrogens is 203 g/mol. The minimum absolute atomic E-state index is 0.0327. The van der Waals surface area contributed by atoms with Gasteiger partial charge in [0.25, 0.3) is 0 Å². The predicted molar refractivity (Wildman–Crippen MR) is 58.4 cm³/mol. The number of carbonyl (C=O) groups is 1. The molecule has 0 atom stereocenters. The van der Waals surface area contributed by atoms with Crippen LogP contribution in [0.25, 0.3) is 0 Å². The van der Waals surface area contributed by atoms with Gasteiger partial charge in [-0.05, 0) is 32.4 Å².